The van der Waals surface area contributed by atoms with Gasteiger partial charge in [-0.25, -0.2) is 4.79 Å². The van der Waals surface area contributed by atoms with Crippen molar-refractivity contribution in [2.75, 3.05) is 19.8 Å². The highest BCUT2D eigenvalue weighted by molar-refractivity contribution is 6.60. The molecule has 1 N–H and O–H groups in total. The number of benzene rings is 2. The van der Waals surface area contributed by atoms with Gasteiger partial charge in [0.25, 0.3) is 0 Å². The molecule has 0 atom stereocenters. The maximum Gasteiger partial charge on any atom is 0.500 e. The van der Waals surface area contributed by atoms with Crippen molar-refractivity contribution in [3.05, 3.63) is 65.2 Å². The van der Waals surface area contributed by atoms with E-state index in [1.807, 2.05) is 39.0 Å². The van der Waals surface area contributed by atoms with Crippen molar-refractivity contribution in [3.63, 3.8) is 0 Å². The Kier molecular flexibility index (Phi) is 16.5. The van der Waals surface area contributed by atoms with Gasteiger partial charge in [-0.05, 0) is 106 Å². The van der Waals surface area contributed by atoms with Gasteiger partial charge >= 0.3 is 14.8 Å². The molecule has 0 heterocycles. The van der Waals surface area contributed by atoms with E-state index in [1.165, 1.54) is 62.5 Å². The Morgan fingerprint density at radius 1 is 0.750 bits per heavy atom. The van der Waals surface area contributed by atoms with Gasteiger partial charge in [0.2, 0.25) is 0 Å². The minimum absolute atomic E-state index is 0.462. The van der Waals surface area contributed by atoms with Crippen LogP contribution in [0.5, 0.6) is 0 Å². The number of carbonyl (C=O) groups is 1. The Morgan fingerprint density at radius 2 is 1.32 bits per heavy atom. The summed E-state index contributed by atoms with van der Waals surface area (Å²) in [5.74, 6) is 0.797. The first-order valence-corrected chi connectivity index (χ1v) is 19.4. The Hall–Kier alpha value is -2.25. The predicted octanol–water partition coefficient (Wildman–Crippen LogP) is 10.7. The number of carboxylic acids is 1. The number of carboxylic acid groups (broad SMARTS) is 1. The first-order chi connectivity index (χ1) is 21.4. The SMILES string of the molecule is CCCCCC1CCC(c2ccc(-c3ccc(/C=C(\CCCCCC[Si](OCC)(OCC)OCC)C(=O)O)cc3)cc2)CC1. The summed E-state index contributed by atoms with van der Waals surface area (Å²) in [6.45, 7) is 9.99. The van der Waals surface area contributed by atoms with Crippen LogP contribution in [0.4, 0.5) is 0 Å². The minimum Gasteiger partial charge on any atom is -0.478 e. The molecular weight excluding hydrogens is 564 g/mol. The highest BCUT2D eigenvalue weighted by Gasteiger charge is 2.39. The molecule has 244 valence electrons. The minimum atomic E-state index is -2.60. The zero-order valence-electron chi connectivity index (χ0n) is 28.0. The van der Waals surface area contributed by atoms with Crippen molar-refractivity contribution in [1.29, 1.82) is 0 Å². The normalized spacial score (nSPS) is 17.6. The number of hydrogen-bond donors (Lipinski definition) is 1. The number of rotatable bonds is 21. The van der Waals surface area contributed by atoms with Crippen LogP contribution in [-0.4, -0.2) is 39.7 Å². The maximum absolute atomic E-state index is 12.0. The molecular formula is C38H58O5Si. The van der Waals surface area contributed by atoms with Crippen molar-refractivity contribution in [2.45, 2.75) is 123 Å². The third-order valence-corrected chi connectivity index (χ3v) is 12.2. The van der Waals surface area contributed by atoms with Crippen molar-refractivity contribution in [2.24, 2.45) is 5.92 Å². The van der Waals surface area contributed by atoms with Crippen LogP contribution in [0.25, 0.3) is 17.2 Å². The molecule has 0 radical (unpaired) electrons. The van der Waals surface area contributed by atoms with Crippen LogP contribution in [-0.2, 0) is 18.1 Å². The van der Waals surface area contributed by atoms with E-state index in [4.69, 9.17) is 13.3 Å². The molecule has 0 saturated heterocycles. The average molecular weight is 623 g/mol. The van der Waals surface area contributed by atoms with Crippen LogP contribution < -0.4 is 0 Å². The van der Waals surface area contributed by atoms with Gasteiger partial charge in [0, 0.05) is 31.4 Å². The molecule has 0 aromatic heterocycles. The molecule has 3 rings (SSSR count). The third kappa shape index (κ3) is 11.9. The molecule has 1 saturated carbocycles. The lowest BCUT2D eigenvalue weighted by Crippen LogP contribution is -2.45. The van der Waals surface area contributed by atoms with Gasteiger partial charge in [0.1, 0.15) is 0 Å². The molecule has 0 bridgehead atoms. The van der Waals surface area contributed by atoms with Gasteiger partial charge in [0.15, 0.2) is 0 Å². The highest BCUT2D eigenvalue weighted by Crippen LogP contribution is 2.38. The molecule has 0 aliphatic heterocycles. The van der Waals surface area contributed by atoms with E-state index in [0.717, 1.165) is 48.8 Å². The highest BCUT2D eigenvalue weighted by atomic mass is 28.4. The van der Waals surface area contributed by atoms with E-state index in [1.54, 1.807) is 0 Å². The van der Waals surface area contributed by atoms with E-state index in [-0.39, 0.29) is 0 Å². The summed E-state index contributed by atoms with van der Waals surface area (Å²) in [7, 11) is -2.60. The first-order valence-electron chi connectivity index (χ1n) is 17.5. The van der Waals surface area contributed by atoms with Crippen LogP contribution in [0.3, 0.4) is 0 Å². The van der Waals surface area contributed by atoms with Crippen molar-refractivity contribution < 1.29 is 23.2 Å². The summed E-state index contributed by atoms with van der Waals surface area (Å²) in [6.07, 6.45) is 17.1. The first kappa shape index (κ1) is 36.2. The van der Waals surface area contributed by atoms with Crippen LogP contribution in [0.2, 0.25) is 6.04 Å². The fourth-order valence-corrected chi connectivity index (χ4v) is 9.33. The van der Waals surface area contributed by atoms with E-state index in [2.05, 4.69) is 43.3 Å². The lowest BCUT2D eigenvalue weighted by Gasteiger charge is -2.29. The fraction of sp³-hybridized carbons (Fsp3) is 0.605. The summed E-state index contributed by atoms with van der Waals surface area (Å²) in [6, 6.07) is 18.2. The topological polar surface area (TPSA) is 65.0 Å². The molecule has 5 nitrogen and oxygen atoms in total. The molecule has 2 aromatic rings. The van der Waals surface area contributed by atoms with Gasteiger partial charge in [-0.2, -0.15) is 0 Å². The molecule has 1 aliphatic rings. The average Bonchev–Trinajstić information content (AvgIpc) is 3.03. The van der Waals surface area contributed by atoms with Crippen molar-refractivity contribution in [3.8, 4) is 11.1 Å². The maximum atomic E-state index is 12.0. The van der Waals surface area contributed by atoms with Crippen LogP contribution in [0, 0.1) is 5.92 Å². The second-order valence-electron chi connectivity index (χ2n) is 12.3. The summed E-state index contributed by atoms with van der Waals surface area (Å²) in [5.41, 5.74) is 5.24. The Labute approximate surface area is 268 Å². The molecule has 0 amide bonds. The number of aliphatic carboxylic acids is 1. The smallest absolute Gasteiger partial charge is 0.478 e. The lowest BCUT2D eigenvalue weighted by molar-refractivity contribution is -0.132. The number of hydrogen-bond acceptors (Lipinski definition) is 4. The monoisotopic (exact) mass is 622 g/mol. The van der Waals surface area contributed by atoms with Crippen LogP contribution >= 0.6 is 0 Å². The summed E-state index contributed by atoms with van der Waals surface area (Å²) >= 11 is 0. The van der Waals surface area contributed by atoms with Crippen molar-refractivity contribution >= 4 is 20.8 Å². The Morgan fingerprint density at radius 3 is 1.86 bits per heavy atom. The van der Waals surface area contributed by atoms with E-state index < -0.39 is 14.8 Å². The van der Waals surface area contributed by atoms with Crippen LogP contribution in [0.15, 0.2) is 54.1 Å². The molecule has 0 unspecified atom stereocenters. The summed E-state index contributed by atoms with van der Waals surface area (Å²) < 4.78 is 17.8. The Bertz CT molecular complexity index is 1090. The molecule has 44 heavy (non-hydrogen) atoms. The molecule has 0 spiro atoms. The molecule has 2 aromatic carbocycles. The standard InChI is InChI=1S/C38H58O5Si/c1-5-9-12-15-31-17-21-33(22-18-31)35-25-27-36(28-26-35)34-23-19-32(20-24-34)30-37(38(39)40)16-13-10-11-14-29-44(41-6-2,42-7-3)43-8-4/h19-20,23-28,30-31,33H,5-18,21-22,29H2,1-4H3,(H,39,40)/b37-30+. The van der Waals surface area contributed by atoms with Gasteiger partial charge in [0.05, 0.1) is 0 Å². The lowest BCUT2D eigenvalue weighted by atomic mass is 9.77. The second kappa shape index (κ2) is 20.0. The van der Waals surface area contributed by atoms with Gasteiger partial charge < -0.3 is 18.4 Å². The van der Waals surface area contributed by atoms with Gasteiger partial charge in [-0.1, -0.05) is 94.0 Å². The third-order valence-electron chi connectivity index (χ3n) is 9.08. The van der Waals surface area contributed by atoms with Gasteiger partial charge in [-0.15, -0.1) is 0 Å². The number of unbranched alkanes of at least 4 members (excludes halogenated alkanes) is 5. The van der Waals surface area contributed by atoms with Gasteiger partial charge in [-0.3, -0.25) is 0 Å². The van der Waals surface area contributed by atoms with E-state index in [9.17, 15) is 9.90 Å². The van der Waals surface area contributed by atoms with E-state index >= 15 is 0 Å². The molecule has 1 fully saturated rings. The fourth-order valence-electron chi connectivity index (χ4n) is 6.64. The van der Waals surface area contributed by atoms with Crippen LogP contribution in [0.1, 0.15) is 128 Å². The molecule has 1 aliphatic carbocycles. The largest absolute Gasteiger partial charge is 0.500 e. The molecule has 6 heteroatoms. The zero-order chi connectivity index (χ0) is 31.6. The van der Waals surface area contributed by atoms with Crippen molar-refractivity contribution in [1.82, 2.24) is 0 Å². The zero-order valence-corrected chi connectivity index (χ0v) is 29.0. The predicted molar refractivity (Wildman–Crippen MR) is 185 cm³/mol. The summed E-state index contributed by atoms with van der Waals surface area (Å²) in [5, 5.41) is 9.84. The summed E-state index contributed by atoms with van der Waals surface area (Å²) in [4.78, 5) is 12.0. The Balaban J connectivity index is 1.47. The quantitative estimate of drug-likeness (QED) is 0.0852. The van der Waals surface area contributed by atoms with E-state index in [0.29, 0.717) is 37.7 Å². The second-order valence-corrected chi connectivity index (χ2v) is 15.1.